The molecular formula is C22H27N3O3. The average molecular weight is 381 g/mol. The van der Waals surface area contributed by atoms with Crippen LogP contribution in [0.2, 0.25) is 0 Å². The van der Waals surface area contributed by atoms with Gasteiger partial charge < -0.3 is 15.4 Å². The second-order valence-corrected chi connectivity index (χ2v) is 7.27. The maximum Gasteiger partial charge on any atom is 0.237 e. The molecule has 0 aliphatic carbocycles. The van der Waals surface area contributed by atoms with E-state index in [-0.39, 0.29) is 24.3 Å². The number of piperazine rings is 1. The quantitative estimate of drug-likeness (QED) is 0.774. The summed E-state index contributed by atoms with van der Waals surface area (Å²) in [6, 6.07) is 17.0. The molecule has 0 aromatic heterocycles. The number of benzene rings is 2. The lowest BCUT2D eigenvalue weighted by atomic mass is 10.1. The monoisotopic (exact) mass is 381 g/mol. The Morgan fingerprint density at radius 2 is 1.93 bits per heavy atom. The zero-order valence-corrected chi connectivity index (χ0v) is 16.4. The predicted octanol–water partition coefficient (Wildman–Crippen LogP) is 2.69. The largest absolute Gasteiger partial charge is 0.457 e. The van der Waals surface area contributed by atoms with Crippen LogP contribution < -0.4 is 15.4 Å². The lowest BCUT2D eigenvalue weighted by molar-refractivity contribution is -0.134. The van der Waals surface area contributed by atoms with Gasteiger partial charge in [0.2, 0.25) is 11.8 Å². The van der Waals surface area contributed by atoms with Crippen LogP contribution in [0.3, 0.4) is 0 Å². The molecule has 2 amide bonds. The number of nitrogens with one attached hydrogen (secondary N) is 2. The van der Waals surface area contributed by atoms with Crippen molar-refractivity contribution in [3.8, 4) is 11.5 Å². The molecule has 2 aromatic rings. The van der Waals surface area contributed by atoms with Crippen molar-refractivity contribution in [1.29, 1.82) is 0 Å². The second-order valence-electron chi connectivity index (χ2n) is 7.27. The molecule has 148 valence electrons. The highest BCUT2D eigenvalue weighted by Crippen LogP contribution is 2.23. The van der Waals surface area contributed by atoms with E-state index in [1.807, 2.05) is 68.4 Å². The standard InChI is InChI=1S/C22H27N3O3/c1-16(2)24-21(26)14-20-22(27)23-11-12-25(20)15-17-7-6-10-19(13-17)28-18-8-4-3-5-9-18/h3-10,13,16,20H,11-12,14-15H2,1-2H3,(H,23,27)(H,24,26)/t20-/m1/s1. The van der Waals surface area contributed by atoms with Gasteiger partial charge in [-0.3, -0.25) is 14.5 Å². The Morgan fingerprint density at radius 1 is 1.18 bits per heavy atom. The van der Waals surface area contributed by atoms with Gasteiger partial charge in [0.25, 0.3) is 0 Å². The summed E-state index contributed by atoms with van der Waals surface area (Å²) >= 11 is 0. The fraction of sp³-hybridized carbons (Fsp3) is 0.364. The van der Waals surface area contributed by atoms with Crippen molar-refractivity contribution < 1.29 is 14.3 Å². The molecule has 1 saturated heterocycles. The van der Waals surface area contributed by atoms with Crippen LogP contribution in [0.25, 0.3) is 0 Å². The Labute approximate surface area is 165 Å². The molecule has 0 bridgehead atoms. The van der Waals surface area contributed by atoms with Gasteiger partial charge in [-0.1, -0.05) is 30.3 Å². The van der Waals surface area contributed by atoms with Crippen LogP contribution >= 0.6 is 0 Å². The third-order valence-electron chi connectivity index (χ3n) is 4.53. The molecule has 3 rings (SSSR count). The summed E-state index contributed by atoms with van der Waals surface area (Å²) in [5.74, 6) is 1.32. The molecule has 1 aliphatic heterocycles. The van der Waals surface area contributed by atoms with Crippen molar-refractivity contribution in [2.45, 2.75) is 38.9 Å². The van der Waals surface area contributed by atoms with Crippen LogP contribution in [-0.4, -0.2) is 41.9 Å². The summed E-state index contributed by atoms with van der Waals surface area (Å²) in [6.07, 6.45) is 0.157. The van der Waals surface area contributed by atoms with Gasteiger partial charge in [-0.25, -0.2) is 0 Å². The Balaban J connectivity index is 1.69. The first-order valence-corrected chi connectivity index (χ1v) is 9.64. The number of amides is 2. The third kappa shape index (κ3) is 5.57. The van der Waals surface area contributed by atoms with Crippen molar-refractivity contribution in [2.75, 3.05) is 13.1 Å². The zero-order valence-electron chi connectivity index (χ0n) is 16.4. The number of rotatable bonds is 7. The van der Waals surface area contributed by atoms with Crippen molar-refractivity contribution in [3.05, 3.63) is 60.2 Å². The van der Waals surface area contributed by atoms with Crippen LogP contribution in [0.5, 0.6) is 11.5 Å². The van der Waals surface area contributed by atoms with Gasteiger partial charge in [0.1, 0.15) is 11.5 Å². The maximum atomic E-state index is 12.4. The minimum atomic E-state index is -0.466. The fourth-order valence-corrected chi connectivity index (χ4v) is 3.30. The van der Waals surface area contributed by atoms with Crippen LogP contribution in [0, 0.1) is 0 Å². The normalized spacial score (nSPS) is 17.2. The van der Waals surface area contributed by atoms with Gasteiger partial charge in [-0.05, 0) is 43.7 Å². The van der Waals surface area contributed by atoms with Gasteiger partial charge in [0.15, 0.2) is 0 Å². The summed E-state index contributed by atoms with van der Waals surface area (Å²) < 4.78 is 5.90. The van der Waals surface area contributed by atoms with E-state index in [2.05, 4.69) is 15.5 Å². The van der Waals surface area contributed by atoms with E-state index in [4.69, 9.17) is 4.74 Å². The highest BCUT2D eigenvalue weighted by molar-refractivity contribution is 5.88. The van der Waals surface area contributed by atoms with Crippen molar-refractivity contribution in [1.82, 2.24) is 15.5 Å². The molecule has 1 heterocycles. The molecule has 28 heavy (non-hydrogen) atoms. The predicted molar refractivity (Wildman–Crippen MR) is 108 cm³/mol. The van der Waals surface area contributed by atoms with Crippen LogP contribution in [0.4, 0.5) is 0 Å². The number of nitrogens with zero attached hydrogens (tertiary/aromatic N) is 1. The van der Waals surface area contributed by atoms with Crippen molar-refractivity contribution in [2.24, 2.45) is 0 Å². The Morgan fingerprint density at radius 3 is 2.68 bits per heavy atom. The average Bonchev–Trinajstić information content (AvgIpc) is 2.65. The Bertz CT molecular complexity index is 808. The van der Waals surface area contributed by atoms with Gasteiger partial charge >= 0.3 is 0 Å². The lowest BCUT2D eigenvalue weighted by Gasteiger charge is -2.34. The zero-order chi connectivity index (χ0) is 19.9. The minimum absolute atomic E-state index is 0.0550. The number of para-hydroxylation sites is 1. The second kappa shape index (κ2) is 9.37. The number of ether oxygens (including phenoxy) is 1. The number of hydrogen-bond donors (Lipinski definition) is 2. The molecule has 1 atom stereocenters. The molecule has 6 nitrogen and oxygen atoms in total. The van der Waals surface area contributed by atoms with Crippen molar-refractivity contribution in [3.63, 3.8) is 0 Å². The van der Waals surface area contributed by atoms with Crippen molar-refractivity contribution >= 4 is 11.8 Å². The lowest BCUT2D eigenvalue weighted by Crippen LogP contribution is -2.56. The molecule has 0 spiro atoms. The number of carbonyl (C=O) groups is 2. The van der Waals surface area contributed by atoms with E-state index >= 15 is 0 Å². The van der Waals surface area contributed by atoms with Crippen LogP contribution in [-0.2, 0) is 16.1 Å². The summed E-state index contributed by atoms with van der Waals surface area (Å²) in [5, 5.41) is 5.73. The summed E-state index contributed by atoms with van der Waals surface area (Å²) in [7, 11) is 0. The van der Waals surface area contributed by atoms with Gasteiger partial charge in [-0.15, -0.1) is 0 Å². The van der Waals surface area contributed by atoms with Crippen LogP contribution in [0.1, 0.15) is 25.8 Å². The summed E-state index contributed by atoms with van der Waals surface area (Å²) in [5.41, 5.74) is 1.04. The molecule has 1 fully saturated rings. The molecule has 0 unspecified atom stereocenters. The smallest absolute Gasteiger partial charge is 0.237 e. The fourth-order valence-electron chi connectivity index (χ4n) is 3.30. The molecule has 6 heteroatoms. The molecule has 0 radical (unpaired) electrons. The highest BCUT2D eigenvalue weighted by Gasteiger charge is 2.31. The summed E-state index contributed by atoms with van der Waals surface area (Å²) in [4.78, 5) is 26.6. The van der Waals surface area contributed by atoms with E-state index in [0.29, 0.717) is 19.6 Å². The Kier molecular flexibility index (Phi) is 6.66. The topological polar surface area (TPSA) is 70.7 Å². The minimum Gasteiger partial charge on any atom is -0.457 e. The number of carbonyl (C=O) groups excluding carboxylic acids is 2. The summed E-state index contributed by atoms with van der Waals surface area (Å²) in [6.45, 7) is 5.69. The third-order valence-corrected chi connectivity index (χ3v) is 4.53. The molecular weight excluding hydrogens is 354 g/mol. The van der Waals surface area contributed by atoms with Gasteiger partial charge in [0, 0.05) is 25.7 Å². The molecule has 0 saturated carbocycles. The van der Waals surface area contributed by atoms with E-state index in [1.165, 1.54) is 0 Å². The first-order chi connectivity index (χ1) is 13.5. The molecule has 2 N–H and O–H groups in total. The van der Waals surface area contributed by atoms with Crippen LogP contribution in [0.15, 0.2) is 54.6 Å². The number of hydrogen-bond acceptors (Lipinski definition) is 4. The molecule has 2 aromatic carbocycles. The molecule has 1 aliphatic rings. The highest BCUT2D eigenvalue weighted by atomic mass is 16.5. The first-order valence-electron chi connectivity index (χ1n) is 9.64. The maximum absolute atomic E-state index is 12.4. The SMILES string of the molecule is CC(C)NC(=O)C[C@@H]1C(=O)NCCN1Cc1cccc(Oc2ccccc2)c1. The van der Waals surface area contributed by atoms with E-state index < -0.39 is 6.04 Å². The van der Waals surface area contributed by atoms with Gasteiger partial charge in [0.05, 0.1) is 12.5 Å². The first kappa shape index (κ1) is 19.9. The van der Waals surface area contributed by atoms with E-state index in [1.54, 1.807) is 0 Å². The Hall–Kier alpha value is -2.86. The van der Waals surface area contributed by atoms with E-state index in [9.17, 15) is 9.59 Å². The van der Waals surface area contributed by atoms with Gasteiger partial charge in [-0.2, -0.15) is 0 Å². The van der Waals surface area contributed by atoms with E-state index in [0.717, 1.165) is 17.1 Å².